The summed E-state index contributed by atoms with van der Waals surface area (Å²) in [6, 6.07) is 24.6. The Morgan fingerprint density at radius 3 is 2.59 bits per heavy atom. The van der Waals surface area contributed by atoms with Crippen LogP contribution in [0.4, 0.5) is 0 Å². The lowest BCUT2D eigenvalue weighted by molar-refractivity contribution is -0.138. The Balaban J connectivity index is 1.37. The largest absolute Gasteiger partial charge is 0.458 e. The van der Waals surface area contributed by atoms with Gasteiger partial charge in [0.15, 0.2) is 5.58 Å². The molecule has 0 aliphatic carbocycles. The van der Waals surface area contributed by atoms with Crippen molar-refractivity contribution < 1.29 is 13.9 Å². The van der Waals surface area contributed by atoms with Gasteiger partial charge >= 0.3 is 5.97 Å². The van der Waals surface area contributed by atoms with E-state index in [4.69, 9.17) is 9.15 Å². The van der Waals surface area contributed by atoms with E-state index >= 15 is 0 Å². The van der Waals surface area contributed by atoms with Crippen LogP contribution in [0.5, 0.6) is 0 Å². The van der Waals surface area contributed by atoms with Gasteiger partial charge in [-0.05, 0) is 34.9 Å². The van der Waals surface area contributed by atoms with Crippen LogP contribution in [0.15, 0.2) is 83.3 Å². The van der Waals surface area contributed by atoms with Gasteiger partial charge in [-0.2, -0.15) is 5.26 Å². The number of oxazole rings is 1. The lowest BCUT2D eigenvalue weighted by Gasteiger charge is -2.06. The number of carbonyl (C=O) groups is 1. The molecule has 0 unspecified atom stereocenters. The molecule has 0 atom stereocenters. The number of nitriles is 1. The molecule has 0 radical (unpaired) electrons. The average Bonchev–Trinajstić information content (AvgIpc) is 3.20. The second-order valence-corrected chi connectivity index (χ2v) is 6.32. The van der Waals surface area contributed by atoms with E-state index in [0.29, 0.717) is 17.0 Å². The molecule has 0 saturated heterocycles. The first-order valence-corrected chi connectivity index (χ1v) is 9.02. The van der Waals surface area contributed by atoms with Gasteiger partial charge in [0.05, 0.1) is 11.6 Å². The molecule has 5 nitrogen and oxygen atoms in total. The highest BCUT2D eigenvalue weighted by atomic mass is 16.5. The highest BCUT2D eigenvalue weighted by Crippen LogP contribution is 2.23. The highest BCUT2D eigenvalue weighted by molar-refractivity contribution is 5.87. The normalized spacial score (nSPS) is 10.9. The molecule has 4 aromatic rings. The summed E-state index contributed by atoms with van der Waals surface area (Å²) in [4.78, 5) is 16.2. The number of para-hydroxylation sites is 2. The van der Waals surface area contributed by atoms with Crippen LogP contribution >= 0.6 is 0 Å². The fourth-order valence-electron chi connectivity index (χ4n) is 2.92. The molecule has 0 fully saturated rings. The Kier molecular flexibility index (Phi) is 5.17. The van der Waals surface area contributed by atoms with Crippen molar-refractivity contribution in [2.24, 2.45) is 0 Å². The number of nitrogens with zero attached hydrogens (tertiary/aromatic N) is 2. The number of hydrogen-bond donors (Lipinski definition) is 0. The second kappa shape index (κ2) is 8.24. The van der Waals surface area contributed by atoms with Gasteiger partial charge in [0.2, 0.25) is 5.89 Å². The van der Waals surface area contributed by atoms with E-state index < -0.39 is 5.97 Å². The standard InChI is InChI=1S/C24H16N2O3/c25-15-19-5-1-2-6-20(19)18-11-9-17(10-12-18)16-28-24(27)14-13-23-26-21-7-3-4-8-22(21)29-23/h1-14H,16H2/b14-13+. The van der Waals surface area contributed by atoms with Crippen molar-refractivity contribution in [1.82, 2.24) is 4.98 Å². The van der Waals surface area contributed by atoms with E-state index in [0.717, 1.165) is 22.2 Å². The molecule has 0 saturated carbocycles. The zero-order valence-electron chi connectivity index (χ0n) is 15.4. The minimum atomic E-state index is -0.480. The Labute approximate surface area is 167 Å². The third kappa shape index (κ3) is 4.23. The van der Waals surface area contributed by atoms with Crippen LogP contribution in [0.2, 0.25) is 0 Å². The van der Waals surface area contributed by atoms with Crippen molar-refractivity contribution in [1.29, 1.82) is 5.26 Å². The van der Waals surface area contributed by atoms with E-state index in [2.05, 4.69) is 11.1 Å². The fraction of sp³-hybridized carbons (Fsp3) is 0.0417. The number of ether oxygens (including phenoxy) is 1. The number of carbonyl (C=O) groups excluding carboxylic acids is 1. The van der Waals surface area contributed by atoms with Crippen LogP contribution in [0, 0.1) is 11.3 Å². The number of fused-ring (bicyclic) bond motifs is 1. The van der Waals surface area contributed by atoms with Gasteiger partial charge in [-0.3, -0.25) is 0 Å². The van der Waals surface area contributed by atoms with Crippen LogP contribution in [0.25, 0.3) is 28.3 Å². The number of aromatic nitrogens is 1. The van der Waals surface area contributed by atoms with Gasteiger partial charge in [0.25, 0.3) is 0 Å². The molecule has 1 aromatic heterocycles. The van der Waals surface area contributed by atoms with E-state index in [1.807, 2.05) is 66.7 Å². The maximum absolute atomic E-state index is 12.0. The molecule has 5 heteroatoms. The van der Waals surface area contributed by atoms with Crippen molar-refractivity contribution in [3.8, 4) is 17.2 Å². The maximum Gasteiger partial charge on any atom is 0.331 e. The smallest absolute Gasteiger partial charge is 0.331 e. The van der Waals surface area contributed by atoms with Crippen LogP contribution in [0.1, 0.15) is 17.0 Å². The van der Waals surface area contributed by atoms with Gasteiger partial charge in [-0.1, -0.05) is 54.6 Å². The molecule has 3 aromatic carbocycles. The molecule has 0 spiro atoms. The molecule has 29 heavy (non-hydrogen) atoms. The highest BCUT2D eigenvalue weighted by Gasteiger charge is 2.06. The lowest BCUT2D eigenvalue weighted by atomic mass is 9.99. The molecular formula is C24H16N2O3. The molecule has 1 heterocycles. The number of esters is 1. The van der Waals surface area contributed by atoms with Crippen molar-refractivity contribution >= 4 is 23.1 Å². The van der Waals surface area contributed by atoms with Crippen LogP contribution in [-0.2, 0) is 16.1 Å². The van der Waals surface area contributed by atoms with Gasteiger partial charge in [0, 0.05) is 12.2 Å². The molecule has 4 rings (SSSR count). The zero-order chi connectivity index (χ0) is 20.1. The predicted octanol–water partition coefficient (Wildman–Crippen LogP) is 5.12. The number of rotatable bonds is 5. The average molecular weight is 380 g/mol. The van der Waals surface area contributed by atoms with Crippen LogP contribution < -0.4 is 0 Å². The predicted molar refractivity (Wildman–Crippen MR) is 109 cm³/mol. The SMILES string of the molecule is N#Cc1ccccc1-c1ccc(COC(=O)/C=C/c2nc3ccccc3o2)cc1. The van der Waals surface area contributed by atoms with Gasteiger partial charge < -0.3 is 9.15 Å². The van der Waals surface area contributed by atoms with Crippen LogP contribution in [-0.4, -0.2) is 11.0 Å². The topological polar surface area (TPSA) is 76.1 Å². The van der Waals surface area contributed by atoms with E-state index in [1.165, 1.54) is 12.2 Å². The lowest BCUT2D eigenvalue weighted by Crippen LogP contribution is -2.00. The number of hydrogen-bond acceptors (Lipinski definition) is 5. The van der Waals surface area contributed by atoms with Gasteiger partial charge in [-0.15, -0.1) is 0 Å². The summed E-state index contributed by atoms with van der Waals surface area (Å²) in [6.45, 7) is 0.150. The third-order valence-electron chi connectivity index (χ3n) is 4.37. The Morgan fingerprint density at radius 2 is 1.79 bits per heavy atom. The Bertz CT molecular complexity index is 1200. The molecule has 0 amide bonds. The third-order valence-corrected chi connectivity index (χ3v) is 4.37. The van der Waals surface area contributed by atoms with Crippen LogP contribution in [0.3, 0.4) is 0 Å². The van der Waals surface area contributed by atoms with E-state index in [-0.39, 0.29) is 6.61 Å². The fourth-order valence-corrected chi connectivity index (χ4v) is 2.92. The zero-order valence-corrected chi connectivity index (χ0v) is 15.4. The summed E-state index contributed by atoms with van der Waals surface area (Å²) in [5.41, 5.74) is 4.69. The van der Waals surface area contributed by atoms with Crippen molar-refractivity contribution in [2.75, 3.05) is 0 Å². The summed E-state index contributed by atoms with van der Waals surface area (Å²) in [6.07, 6.45) is 2.78. The monoisotopic (exact) mass is 380 g/mol. The second-order valence-electron chi connectivity index (χ2n) is 6.32. The summed E-state index contributed by atoms with van der Waals surface area (Å²) in [5.74, 6) is -0.130. The van der Waals surface area contributed by atoms with Crippen molar-refractivity contribution in [3.63, 3.8) is 0 Å². The molecule has 0 aliphatic heterocycles. The summed E-state index contributed by atoms with van der Waals surface area (Å²) < 4.78 is 10.8. The summed E-state index contributed by atoms with van der Waals surface area (Å²) in [7, 11) is 0. The molecule has 140 valence electrons. The number of benzene rings is 3. The molecule has 0 N–H and O–H groups in total. The Morgan fingerprint density at radius 1 is 1.03 bits per heavy atom. The quantitative estimate of drug-likeness (QED) is 0.355. The first-order valence-electron chi connectivity index (χ1n) is 9.02. The van der Waals surface area contributed by atoms with Crippen molar-refractivity contribution in [2.45, 2.75) is 6.61 Å². The van der Waals surface area contributed by atoms with E-state index in [9.17, 15) is 10.1 Å². The first-order chi connectivity index (χ1) is 14.2. The first kappa shape index (κ1) is 18.2. The molecule has 0 bridgehead atoms. The Hall–Kier alpha value is -4.17. The summed E-state index contributed by atoms with van der Waals surface area (Å²) in [5, 5.41) is 9.23. The van der Waals surface area contributed by atoms with Gasteiger partial charge in [0.1, 0.15) is 12.1 Å². The molecule has 0 aliphatic rings. The summed E-state index contributed by atoms with van der Waals surface area (Å²) >= 11 is 0. The minimum absolute atomic E-state index is 0.150. The molecular weight excluding hydrogens is 364 g/mol. The van der Waals surface area contributed by atoms with Gasteiger partial charge in [-0.25, -0.2) is 9.78 Å². The minimum Gasteiger partial charge on any atom is -0.458 e. The van der Waals surface area contributed by atoms with E-state index in [1.54, 1.807) is 6.07 Å². The maximum atomic E-state index is 12.0. The van der Waals surface area contributed by atoms with Crippen molar-refractivity contribution in [3.05, 3.63) is 95.9 Å².